The maximum atomic E-state index is 13.3. The molecule has 70 valence electrons. The third-order valence-electron chi connectivity index (χ3n) is 1.63. The van der Waals surface area contributed by atoms with Crippen LogP contribution in [-0.4, -0.2) is 0 Å². The van der Waals surface area contributed by atoms with Crippen molar-refractivity contribution in [2.75, 3.05) is 0 Å². The molecule has 1 atom stereocenters. The van der Waals surface area contributed by atoms with Crippen LogP contribution < -0.4 is 5.73 Å². The number of hydrogen-bond donors (Lipinski definition) is 1. The average molecular weight is 265 g/mol. The molecule has 0 saturated heterocycles. The fraction of sp³-hybridized carbons (Fsp3) is 0.111. The van der Waals surface area contributed by atoms with E-state index in [1.165, 1.54) is 12.1 Å². The molecular formula is C9H8BrClFN. The summed E-state index contributed by atoms with van der Waals surface area (Å²) in [4.78, 5) is 0. The van der Waals surface area contributed by atoms with Gasteiger partial charge in [0.25, 0.3) is 0 Å². The molecule has 0 bridgehead atoms. The zero-order valence-corrected chi connectivity index (χ0v) is 9.07. The van der Waals surface area contributed by atoms with Gasteiger partial charge < -0.3 is 5.73 Å². The lowest BCUT2D eigenvalue weighted by Crippen LogP contribution is -2.09. The van der Waals surface area contributed by atoms with Crippen LogP contribution in [0.3, 0.4) is 0 Å². The van der Waals surface area contributed by atoms with E-state index < -0.39 is 11.9 Å². The summed E-state index contributed by atoms with van der Waals surface area (Å²) in [6, 6.07) is 2.54. The molecule has 0 radical (unpaired) electrons. The Kier molecular flexibility index (Phi) is 3.47. The van der Waals surface area contributed by atoms with E-state index in [2.05, 4.69) is 22.5 Å². The first-order valence-corrected chi connectivity index (χ1v) is 4.76. The first kappa shape index (κ1) is 10.7. The van der Waals surface area contributed by atoms with Crippen LogP contribution in [0.2, 0.25) is 5.02 Å². The van der Waals surface area contributed by atoms with Gasteiger partial charge in [0.15, 0.2) is 0 Å². The number of benzene rings is 1. The molecule has 0 amide bonds. The highest BCUT2D eigenvalue weighted by Gasteiger charge is 2.12. The Morgan fingerprint density at radius 1 is 1.62 bits per heavy atom. The molecule has 0 fully saturated rings. The molecule has 1 nitrogen and oxygen atoms in total. The molecule has 0 spiro atoms. The van der Waals surface area contributed by atoms with Gasteiger partial charge in [0.05, 0.1) is 11.1 Å². The molecule has 0 aliphatic heterocycles. The van der Waals surface area contributed by atoms with E-state index in [0.717, 1.165) is 0 Å². The summed E-state index contributed by atoms with van der Waals surface area (Å²) in [6.45, 7) is 3.49. The van der Waals surface area contributed by atoms with Crippen LogP contribution in [0.4, 0.5) is 4.39 Å². The largest absolute Gasteiger partial charge is 0.321 e. The van der Waals surface area contributed by atoms with E-state index in [0.29, 0.717) is 10.0 Å². The van der Waals surface area contributed by atoms with E-state index in [1.807, 2.05) is 0 Å². The maximum absolute atomic E-state index is 13.3. The Hall–Kier alpha value is -0.380. The van der Waals surface area contributed by atoms with Crippen molar-refractivity contribution in [1.29, 1.82) is 0 Å². The summed E-state index contributed by atoms with van der Waals surface area (Å²) in [6.07, 6.45) is 1.46. The Balaban J connectivity index is 3.27. The van der Waals surface area contributed by atoms with Crippen LogP contribution in [0.1, 0.15) is 11.6 Å². The van der Waals surface area contributed by atoms with Crippen molar-refractivity contribution < 1.29 is 4.39 Å². The third-order valence-corrected chi connectivity index (χ3v) is 2.37. The Morgan fingerprint density at radius 2 is 2.23 bits per heavy atom. The first-order valence-electron chi connectivity index (χ1n) is 3.59. The summed E-state index contributed by atoms with van der Waals surface area (Å²) in [5.74, 6) is -0.489. The van der Waals surface area contributed by atoms with Crippen molar-refractivity contribution in [3.05, 3.63) is 45.7 Å². The van der Waals surface area contributed by atoms with E-state index >= 15 is 0 Å². The van der Waals surface area contributed by atoms with Gasteiger partial charge in [-0.15, -0.1) is 6.58 Å². The lowest BCUT2D eigenvalue weighted by molar-refractivity contribution is 0.602. The molecule has 2 N–H and O–H groups in total. The molecule has 0 aliphatic rings. The van der Waals surface area contributed by atoms with E-state index in [-0.39, 0.29) is 5.02 Å². The van der Waals surface area contributed by atoms with Gasteiger partial charge in [0, 0.05) is 10.0 Å². The molecule has 0 aromatic heterocycles. The molecule has 0 heterocycles. The van der Waals surface area contributed by atoms with Gasteiger partial charge >= 0.3 is 0 Å². The van der Waals surface area contributed by atoms with Gasteiger partial charge in [-0.1, -0.05) is 33.6 Å². The number of rotatable bonds is 2. The van der Waals surface area contributed by atoms with Crippen LogP contribution in [-0.2, 0) is 0 Å². The van der Waals surface area contributed by atoms with Crippen molar-refractivity contribution in [2.24, 2.45) is 5.73 Å². The highest BCUT2D eigenvalue weighted by molar-refractivity contribution is 9.10. The van der Waals surface area contributed by atoms with Crippen LogP contribution in [0.25, 0.3) is 0 Å². The van der Waals surface area contributed by atoms with Crippen molar-refractivity contribution in [3.63, 3.8) is 0 Å². The topological polar surface area (TPSA) is 26.0 Å². The van der Waals surface area contributed by atoms with E-state index in [1.54, 1.807) is 6.07 Å². The zero-order valence-electron chi connectivity index (χ0n) is 6.73. The van der Waals surface area contributed by atoms with Crippen molar-refractivity contribution >= 4 is 27.5 Å². The number of nitrogens with two attached hydrogens (primary N) is 1. The van der Waals surface area contributed by atoms with Crippen LogP contribution in [0.15, 0.2) is 29.3 Å². The molecule has 1 rings (SSSR count). The smallest absolute Gasteiger partial charge is 0.146 e. The second-order valence-corrected chi connectivity index (χ2v) is 3.88. The Labute approximate surface area is 89.5 Å². The van der Waals surface area contributed by atoms with Gasteiger partial charge in [-0.25, -0.2) is 4.39 Å². The summed E-state index contributed by atoms with van der Waals surface area (Å²) >= 11 is 8.83. The molecule has 13 heavy (non-hydrogen) atoms. The quantitative estimate of drug-likeness (QED) is 0.643. The van der Waals surface area contributed by atoms with Crippen LogP contribution in [0, 0.1) is 5.82 Å². The highest BCUT2D eigenvalue weighted by atomic mass is 79.9. The minimum Gasteiger partial charge on any atom is -0.321 e. The Morgan fingerprint density at radius 3 is 2.77 bits per heavy atom. The van der Waals surface area contributed by atoms with Gasteiger partial charge in [-0.2, -0.15) is 0 Å². The second kappa shape index (κ2) is 4.22. The third kappa shape index (κ3) is 2.30. The first-order chi connectivity index (χ1) is 6.06. The lowest BCUT2D eigenvalue weighted by Gasteiger charge is -2.09. The minimum atomic E-state index is -0.532. The minimum absolute atomic E-state index is 0.0571. The summed E-state index contributed by atoms with van der Waals surface area (Å²) in [7, 11) is 0. The fourth-order valence-electron chi connectivity index (χ4n) is 0.945. The summed E-state index contributed by atoms with van der Waals surface area (Å²) in [5.41, 5.74) is 5.94. The maximum Gasteiger partial charge on any atom is 0.146 e. The molecule has 1 aromatic rings. The monoisotopic (exact) mass is 263 g/mol. The Bertz CT molecular complexity index is 341. The van der Waals surface area contributed by atoms with Gasteiger partial charge in [-0.3, -0.25) is 0 Å². The number of halogens is 3. The predicted octanol–water partition coefficient (Wildman–Crippen LogP) is 3.43. The number of hydrogen-bond acceptors (Lipinski definition) is 1. The second-order valence-electron chi connectivity index (χ2n) is 2.55. The SMILES string of the molecule is C=CC(N)c1cc(Br)cc(Cl)c1F. The summed E-state index contributed by atoms with van der Waals surface area (Å²) < 4.78 is 14.0. The lowest BCUT2D eigenvalue weighted by atomic mass is 10.1. The van der Waals surface area contributed by atoms with Crippen LogP contribution >= 0.6 is 27.5 Å². The standard InChI is InChI=1S/C9H8BrClFN/c1-2-8(13)6-3-5(10)4-7(11)9(6)12/h2-4,8H,1,13H2. The summed E-state index contributed by atoms with van der Waals surface area (Å²) in [5, 5.41) is 0.0571. The molecule has 0 aliphatic carbocycles. The molecule has 1 unspecified atom stereocenters. The zero-order chi connectivity index (χ0) is 10.0. The predicted molar refractivity (Wildman–Crippen MR) is 56.2 cm³/mol. The van der Waals surface area contributed by atoms with Crippen molar-refractivity contribution in [1.82, 2.24) is 0 Å². The van der Waals surface area contributed by atoms with E-state index in [9.17, 15) is 4.39 Å². The van der Waals surface area contributed by atoms with Crippen LogP contribution in [0.5, 0.6) is 0 Å². The highest BCUT2D eigenvalue weighted by Crippen LogP contribution is 2.27. The van der Waals surface area contributed by atoms with Gasteiger partial charge in [-0.05, 0) is 12.1 Å². The van der Waals surface area contributed by atoms with Crippen molar-refractivity contribution in [3.8, 4) is 0 Å². The van der Waals surface area contributed by atoms with Crippen molar-refractivity contribution in [2.45, 2.75) is 6.04 Å². The molecule has 0 saturated carbocycles. The fourth-order valence-corrected chi connectivity index (χ4v) is 1.78. The van der Waals surface area contributed by atoms with E-state index in [4.69, 9.17) is 17.3 Å². The van der Waals surface area contributed by atoms with Gasteiger partial charge in [0.1, 0.15) is 5.82 Å². The molecule has 4 heteroatoms. The average Bonchev–Trinajstić information content (AvgIpc) is 2.10. The molecular weight excluding hydrogens is 256 g/mol. The molecule has 1 aromatic carbocycles. The van der Waals surface area contributed by atoms with Gasteiger partial charge in [0.2, 0.25) is 0 Å². The normalized spacial score (nSPS) is 12.6.